The zero-order valence-electron chi connectivity index (χ0n) is 11.2. The Balaban J connectivity index is 2.26. The van der Waals surface area contributed by atoms with Crippen LogP contribution in [0.5, 0.6) is 5.75 Å². The van der Waals surface area contributed by atoms with Gasteiger partial charge in [0.15, 0.2) is 5.78 Å². The Morgan fingerprint density at radius 1 is 0.810 bits per heavy atom. The van der Waals surface area contributed by atoms with Crippen LogP contribution in [-0.2, 0) is 0 Å². The van der Waals surface area contributed by atoms with Gasteiger partial charge in [-0.05, 0) is 6.07 Å². The number of hydrogen-bond donors (Lipinski definition) is 0. The number of ketones is 2. The third kappa shape index (κ3) is 2.06. The van der Waals surface area contributed by atoms with E-state index < -0.39 is 0 Å². The summed E-state index contributed by atoms with van der Waals surface area (Å²) < 4.78 is 5.26. The molecule has 0 atom stereocenters. The number of ether oxygens (including phenoxy) is 1. The Hall–Kier alpha value is -2.39. The highest BCUT2D eigenvalue weighted by Gasteiger charge is 2.32. The lowest BCUT2D eigenvalue weighted by molar-refractivity contribution is 0.0998. The Morgan fingerprint density at radius 3 is 1.95 bits per heavy atom. The molecule has 0 bridgehead atoms. The van der Waals surface area contributed by atoms with Gasteiger partial charge in [-0.15, -0.1) is 0 Å². The summed E-state index contributed by atoms with van der Waals surface area (Å²) in [5.74, 6) is -0.0985. The first kappa shape index (κ1) is 13.6. The van der Waals surface area contributed by atoms with Gasteiger partial charge in [-0.25, -0.2) is 0 Å². The van der Waals surface area contributed by atoms with Crippen LogP contribution >= 0.6 is 11.6 Å². The molecular formula is C17H11ClO3. The van der Waals surface area contributed by atoms with Crippen molar-refractivity contribution in [3.63, 3.8) is 0 Å². The smallest absolute Gasteiger partial charge is 0.205 e. The number of benzene rings is 2. The van der Waals surface area contributed by atoms with E-state index in [1.54, 1.807) is 48.5 Å². The Morgan fingerprint density at radius 2 is 1.33 bits per heavy atom. The molecule has 3 nitrogen and oxygen atoms in total. The first-order valence-electron chi connectivity index (χ1n) is 6.36. The molecule has 0 saturated heterocycles. The molecule has 2 aromatic carbocycles. The van der Waals surface area contributed by atoms with Crippen LogP contribution in [0.4, 0.5) is 0 Å². The van der Waals surface area contributed by atoms with Crippen molar-refractivity contribution in [3.8, 4) is 5.75 Å². The molecule has 3 rings (SSSR count). The second kappa shape index (κ2) is 5.19. The lowest BCUT2D eigenvalue weighted by atomic mass is 9.86. The molecule has 0 fully saturated rings. The third-order valence-corrected chi connectivity index (χ3v) is 3.80. The van der Waals surface area contributed by atoms with Crippen LogP contribution in [0.25, 0.3) is 5.57 Å². The lowest BCUT2D eigenvalue weighted by Crippen LogP contribution is -2.19. The molecule has 0 amide bonds. The van der Waals surface area contributed by atoms with E-state index in [0.29, 0.717) is 22.4 Å². The Bertz CT molecular complexity index is 790. The number of hydrogen-bond acceptors (Lipinski definition) is 3. The molecule has 1 aliphatic carbocycles. The maximum absolute atomic E-state index is 12.7. The molecule has 0 aliphatic heterocycles. The van der Waals surface area contributed by atoms with E-state index in [0.717, 1.165) is 0 Å². The molecule has 0 spiro atoms. The van der Waals surface area contributed by atoms with E-state index in [2.05, 4.69) is 0 Å². The SMILES string of the molecule is COc1ccccc1C1=C(Cl)C(=O)c2ccccc2C1=O. The van der Waals surface area contributed by atoms with Crippen molar-refractivity contribution in [2.45, 2.75) is 0 Å². The highest BCUT2D eigenvalue weighted by Crippen LogP contribution is 2.37. The van der Waals surface area contributed by atoms with E-state index in [9.17, 15) is 9.59 Å². The van der Waals surface area contributed by atoms with Crippen molar-refractivity contribution in [1.82, 2.24) is 0 Å². The fourth-order valence-corrected chi connectivity index (χ4v) is 2.73. The fourth-order valence-electron chi connectivity index (χ4n) is 2.44. The number of methoxy groups -OCH3 is 1. The number of carbonyl (C=O) groups excluding carboxylic acids is 2. The summed E-state index contributed by atoms with van der Waals surface area (Å²) in [5, 5.41) is -0.0665. The number of Topliss-reactive ketones (excluding diaryl/α,β-unsaturated/α-hetero) is 2. The average molecular weight is 299 g/mol. The standard InChI is InChI=1S/C17H11ClO3/c1-21-13-9-5-4-8-12(13)14-15(18)17(20)11-7-3-2-6-10(11)16(14)19/h2-9H,1H3. The molecule has 0 aromatic heterocycles. The summed E-state index contributed by atoms with van der Waals surface area (Å²) in [4.78, 5) is 25.1. The van der Waals surface area contributed by atoms with Gasteiger partial charge in [-0.1, -0.05) is 54.1 Å². The molecule has 0 saturated carbocycles. The first-order valence-corrected chi connectivity index (χ1v) is 6.74. The van der Waals surface area contributed by atoms with Crippen molar-refractivity contribution in [3.05, 3.63) is 70.3 Å². The minimum atomic E-state index is -0.340. The van der Waals surface area contributed by atoms with Crippen molar-refractivity contribution >= 4 is 28.7 Å². The minimum absolute atomic E-state index is 0.0665. The largest absolute Gasteiger partial charge is 0.496 e. The van der Waals surface area contributed by atoms with Gasteiger partial charge in [0.25, 0.3) is 0 Å². The maximum atomic E-state index is 12.7. The van der Waals surface area contributed by atoms with Crippen LogP contribution in [-0.4, -0.2) is 18.7 Å². The summed E-state index contributed by atoms with van der Waals surface area (Å²) in [7, 11) is 1.51. The summed E-state index contributed by atoms with van der Waals surface area (Å²) in [6, 6.07) is 13.7. The van der Waals surface area contributed by atoms with Crippen LogP contribution in [0.3, 0.4) is 0 Å². The van der Waals surface area contributed by atoms with Gasteiger partial charge in [0.1, 0.15) is 10.8 Å². The van der Waals surface area contributed by atoms with Crippen LogP contribution < -0.4 is 4.74 Å². The van der Waals surface area contributed by atoms with Crippen LogP contribution in [0.15, 0.2) is 53.6 Å². The molecule has 104 valence electrons. The quantitative estimate of drug-likeness (QED) is 0.848. The zero-order valence-corrected chi connectivity index (χ0v) is 12.0. The molecule has 0 radical (unpaired) electrons. The maximum Gasteiger partial charge on any atom is 0.205 e. The number of para-hydroxylation sites is 1. The number of fused-ring (bicyclic) bond motifs is 1. The second-order valence-corrected chi connectivity index (χ2v) is 4.97. The van der Waals surface area contributed by atoms with E-state index in [1.165, 1.54) is 7.11 Å². The van der Waals surface area contributed by atoms with Crippen molar-refractivity contribution in [1.29, 1.82) is 0 Å². The summed E-state index contributed by atoms with van der Waals surface area (Å²) in [5.41, 5.74) is 1.43. The van der Waals surface area contributed by atoms with Gasteiger partial charge in [0.2, 0.25) is 5.78 Å². The van der Waals surface area contributed by atoms with Crippen molar-refractivity contribution < 1.29 is 14.3 Å². The van der Waals surface area contributed by atoms with Gasteiger partial charge in [-0.2, -0.15) is 0 Å². The molecule has 0 N–H and O–H groups in total. The third-order valence-electron chi connectivity index (χ3n) is 3.44. The van der Waals surface area contributed by atoms with E-state index >= 15 is 0 Å². The fraction of sp³-hybridized carbons (Fsp3) is 0.0588. The molecule has 2 aromatic rings. The molecule has 0 heterocycles. The first-order chi connectivity index (χ1) is 10.1. The highest BCUT2D eigenvalue weighted by atomic mass is 35.5. The van der Waals surface area contributed by atoms with Gasteiger partial charge < -0.3 is 4.74 Å². The number of halogens is 1. The van der Waals surface area contributed by atoms with Crippen molar-refractivity contribution in [2.24, 2.45) is 0 Å². The van der Waals surface area contributed by atoms with E-state index in [1.807, 2.05) is 0 Å². The Labute approximate surface area is 126 Å². The molecule has 1 aliphatic rings. The monoisotopic (exact) mass is 298 g/mol. The molecule has 4 heteroatoms. The normalized spacial score (nSPS) is 14.2. The van der Waals surface area contributed by atoms with Crippen LogP contribution in [0.2, 0.25) is 0 Å². The Kier molecular flexibility index (Phi) is 3.35. The molecule has 21 heavy (non-hydrogen) atoms. The lowest BCUT2D eigenvalue weighted by Gasteiger charge is -2.19. The predicted octanol–water partition coefficient (Wildman–Crippen LogP) is 3.72. The second-order valence-electron chi connectivity index (χ2n) is 4.59. The summed E-state index contributed by atoms with van der Waals surface area (Å²) >= 11 is 6.17. The number of carbonyl (C=O) groups is 2. The van der Waals surface area contributed by atoms with Gasteiger partial charge in [0, 0.05) is 16.7 Å². The predicted molar refractivity (Wildman–Crippen MR) is 80.9 cm³/mol. The molecular weight excluding hydrogens is 288 g/mol. The summed E-state index contributed by atoms with van der Waals surface area (Å²) in [6.45, 7) is 0. The minimum Gasteiger partial charge on any atom is -0.496 e. The van der Waals surface area contributed by atoms with E-state index in [4.69, 9.17) is 16.3 Å². The topological polar surface area (TPSA) is 43.4 Å². The van der Waals surface area contributed by atoms with Gasteiger partial charge in [-0.3, -0.25) is 9.59 Å². The molecule has 0 unspecified atom stereocenters. The van der Waals surface area contributed by atoms with Crippen molar-refractivity contribution in [2.75, 3.05) is 7.11 Å². The van der Waals surface area contributed by atoms with Crippen LogP contribution in [0.1, 0.15) is 26.3 Å². The van der Waals surface area contributed by atoms with Gasteiger partial charge >= 0.3 is 0 Å². The highest BCUT2D eigenvalue weighted by molar-refractivity contribution is 6.56. The van der Waals surface area contributed by atoms with Crippen LogP contribution in [0, 0.1) is 0 Å². The average Bonchev–Trinajstić information content (AvgIpc) is 2.53. The summed E-state index contributed by atoms with van der Waals surface area (Å²) in [6.07, 6.45) is 0. The van der Waals surface area contributed by atoms with Gasteiger partial charge in [0.05, 0.1) is 12.7 Å². The number of allylic oxidation sites excluding steroid dienone is 2. The zero-order chi connectivity index (χ0) is 15.0. The number of rotatable bonds is 2. The van der Waals surface area contributed by atoms with E-state index in [-0.39, 0.29) is 22.2 Å².